The molecule has 2 rings (SSSR count). The number of hydrogen-bond acceptors (Lipinski definition) is 7. The number of hydrogen-bond donors (Lipinski definition) is 2. The first-order valence-electron chi connectivity index (χ1n) is 6.45. The lowest BCUT2D eigenvalue weighted by Gasteiger charge is -2.04. The van der Waals surface area contributed by atoms with Crippen LogP contribution in [0.2, 0.25) is 0 Å². The van der Waals surface area contributed by atoms with Crippen molar-refractivity contribution in [3.05, 3.63) is 27.5 Å². The Morgan fingerprint density at radius 2 is 2.14 bits per heavy atom. The van der Waals surface area contributed by atoms with E-state index in [1.165, 1.54) is 11.3 Å². The van der Waals surface area contributed by atoms with Crippen LogP contribution in [-0.2, 0) is 23.0 Å². The lowest BCUT2D eigenvalue weighted by atomic mass is 10.4. The minimum absolute atomic E-state index is 0.223. The van der Waals surface area contributed by atoms with Crippen LogP contribution >= 0.6 is 11.3 Å². The minimum atomic E-state index is -3.51. The van der Waals surface area contributed by atoms with E-state index >= 15 is 0 Å². The van der Waals surface area contributed by atoms with Gasteiger partial charge in [-0.25, -0.2) is 13.1 Å². The molecule has 0 spiro atoms. The van der Waals surface area contributed by atoms with Crippen molar-refractivity contribution in [2.75, 3.05) is 13.6 Å². The molecule has 0 unspecified atom stereocenters. The Bertz CT molecular complexity index is 706. The van der Waals surface area contributed by atoms with E-state index in [9.17, 15) is 8.42 Å². The Hall–Kier alpha value is -1.29. The standard InChI is InChI=1S/C12H18N4O3S2/c1-8-11(6-10(20-8)7-13-3)21(17,18)14-5-4-12-15-9(2)16-19-12/h6,13-14H,4-5,7H2,1-3H3. The molecule has 2 heterocycles. The number of aryl methyl sites for hydroxylation is 2. The van der Waals surface area contributed by atoms with Crippen molar-refractivity contribution >= 4 is 21.4 Å². The highest BCUT2D eigenvalue weighted by molar-refractivity contribution is 7.89. The molecule has 0 fully saturated rings. The predicted molar refractivity (Wildman–Crippen MR) is 79.7 cm³/mol. The van der Waals surface area contributed by atoms with E-state index in [1.54, 1.807) is 19.9 Å². The summed E-state index contributed by atoms with van der Waals surface area (Å²) in [5.41, 5.74) is 0. The van der Waals surface area contributed by atoms with Crippen LogP contribution < -0.4 is 10.0 Å². The fraction of sp³-hybridized carbons (Fsp3) is 0.500. The largest absolute Gasteiger partial charge is 0.339 e. The second-order valence-corrected chi connectivity index (χ2v) is 7.62. The van der Waals surface area contributed by atoms with E-state index in [-0.39, 0.29) is 6.54 Å². The summed E-state index contributed by atoms with van der Waals surface area (Å²) >= 11 is 1.48. The summed E-state index contributed by atoms with van der Waals surface area (Å²) in [4.78, 5) is 6.13. The topological polar surface area (TPSA) is 97.1 Å². The number of thiophene rings is 1. The van der Waals surface area contributed by atoms with Gasteiger partial charge >= 0.3 is 0 Å². The fourth-order valence-corrected chi connectivity index (χ4v) is 4.54. The molecule has 0 saturated carbocycles. The molecule has 7 nitrogen and oxygen atoms in total. The van der Waals surface area contributed by atoms with Crippen molar-refractivity contribution in [1.82, 2.24) is 20.2 Å². The molecule has 9 heteroatoms. The van der Waals surface area contributed by atoms with Crippen molar-refractivity contribution in [1.29, 1.82) is 0 Å². The Kier molecular flexibility index (Phi) is 5.09. The van der Waals surface area contributed by atoms with Gasteiger partial charge in [0.15, 0.2) is 5.82 Å². The SMILES string of the molecule is CNCc1cc(S(=O)(=O)NCCc2nc(C)no2)c(C)s1. The normalized spacial score (nSPS) is 12.0. The quantitative estimate of drug-likeness (QED) is 0.786. The molecule has 0 saturated heterocycles. The molecule has 2 aromatic heterocycles. The van der Waals surface area contributed by atoms with Crippen LogP contribution in [0.3, 0.4) is 0 Å². The van der Waals surface area contributed by atoms with Gasteiger partial charge < -0.3 is 9.84 Å². The highest BCUT2D eigenvalue weighted by atomic mass is 32.2. The van der Waals surface area contributed by atoms with Crippen LogP contribution in [0, 0.1) is 13.8 Å². The zero-order chi connectivity index (χ0) is 15.5. The van der Waals surface area contributed by atoms with Gasteiger partial charge in [-0.3, -0.25) is 0 Å². The molecule has 116 valence electrons. The summed E-state index contributed by atoms with van der Waals surface area (Å²) in [6, 6.07) is 1.70. The van der Waals surface area contributed by atoms with Gasteiger partial charge in [-0.1, -0.05) is 5.16 Å². The number of rotatable bonds is 7. The number of nitrogens with one attached hydrogen (secondary N) is 2. The molecule has 2 aromatic rings. The van der Waals surface area contributed by atoms with Crippen molar-refractivity contribution in [3.63, 3.8) is 0 Å². The molecule has 21 heavy (non-hydrogen) atoms. The highest BCUT2D eigenvalue weighted by Crippen LogP contribution is 2.25. The number of aromatic nitrogens is 2. The first-order chi connectivity index (χ1) is 9.92. The summed E-state index contributed by atoms with van der Waals surface area (Å²) in [6.07, 6.45) is 0.368. The molecule has 0 aliphatic rings. The van der Waals surface area contributed by atoms with Crippen molar-refractivity contribution < 1.29 is 12.9 Å². The van der Waals surface area contributed by atoms with E-state index in [1.807, 2.05) is 7.05 Å². The molecule has 0 aromatic carbocycles. The summed E-state index contributed by atoms with van der Waals surface area (Å²) in [6.45, 7) is 4.40. The monoisotopic (exact) mass is 330 g/mol. The van der Waals surface area contributed by atoms with E-state index < -0.39 is 10.0 Å². The Morgan fingerprint density at radius 1 is 1.38 bits per heavy atom. The van der Waals surface area contributed by atoms with E-state index in [0.29, 0.717) is 29.6 Å². The molecule has 0 atom stereocenters. The van der Waals surface area contributed by atoms with Crippen LogP contribution in [0.5, 0.6) is 0 Å². The van der Waals surface area contributed by atoms with Gasteiger partial charge in [-0.2, -0.15) is 4.98 Å². The van der Waals surface area contributed by atoms with Crippen molar-refractivity contribution in [2.24, 2.45) is 0 Å². The molecular weight excluding hydrogens is 312 g/mol. The highest BCUT2D eigenvalue weighted by Gasteiger charge is 2.19. The van der Waals surface area contributed by atoms with Gasteiger partial charge in [0.05, 0.1) is 4.90 Å². The van der Waals surface area contributed by atoms with Gasteiger partial charge in [0.1, 0.15) is 0 Å². The van der Waals surface area contributed by atoms with Crippen molar-refractivity contribution in [2.45, 2.75) is 31.7 Å². The lowest BCUT2D eigenvalue weighted by Crippen LogP contribution is -2.26. The van der Waals surface area contributed by atoms with Gasteiger partial charge in [0, 0.05) is 29.3 Å². The first kappa shape index (κ1) is 16.1. The second kappa shape index (κ2) is 6.65. The number of nitrogens with zero attached hydrogens (tertiary/aromatic N) is 2. The maximum atomic E-state index is 12.3. The molecule has 0 aliphatic carbocycles. The summed E-state index contributed by atoms with van der Waals surface area (Å²) in [5, 5.41) is 6.67. The smallest absolute Gasteiger partial charge is 0.241 e. The average molecular weight is 330 g/mol. The fourth-order valence-electron chi connectivity index (χ4n) is 1.86. The van der Waals surface area contributed by atoms with E-state index in [0.717, 1.165) is 9.75 Å². The van der Waals surface area contributed by atoms with Gasteiger partial charge in [-0.05, 0) is 27.0 Å². The third-order valence-corrected chi connectivity index (χ3v) is 5.53. The first-order valence-corrected chi connectivity index (χ1v) is 8.75. The third kappa shape index (κ3) is 4.10. The van der Waals surface area contributed by atoms with Crippen LogP contribution in [-0.4, -0.2) is 32.2 Å². The van der Waals surface area contributed by atoms with Gasteiger partial charge in [-0.15, -0.1) is 11.3 Å². The minimum Gasteiger partial charge on any atom is -0.339 e. The van der Waals surface area contributed by atoms with Crippen LogP contribution in [0.25, 0.3) is 0 Å². The van der Waals surface area contributed by atoms with E-state index in [4.69, 9.17) is 4.52 Å². The average Bonchev–Trinajstić information content (AvgIpc) is 2.96. The Labute approximate surface area is 127 Å². The molecule has 0 amide bonds. The van der Waals surface area contributed by atoms with Gasteiger partial charge in [0.25, 0.3) is 0 Å². The lowest BCUT2D eigenvalue weighted by molar-refractivity contribution is 0.375. The van der Waals surface area contributed by atoms with E-state index in [2.05, 4.69) is 20.2 Å². The zero-order valence-corrected chi connectivity index (χ0v) is 13.8. The molecule has 0 aliphatic heterocycles. The Balaban J connectivity index is 2.01. The molecule has 0 radical (unpaired) electrons. The zero-order valence-electron chi connectivity index (χ0n) is 12.1. The maximum Gasteiger partial charge on any atom is 0.241 e. The van der Waals surface area contributed by atoms with Crippen LogP contribution in [0.1, 0.15) is 21.5 Å². The van der Waals surface area contributed by atoms with Crippen LogP contribution in [0.15, 0.2) is 15.5 Å². The van der Waals surface area contributed by atoms with Gasteiger partial charge in [0.2, 0.25) is 15.9 Å². The molecular formula is C12H18N4O3S2. The number of sulfonamides is 1. The maximum absolute atomic E-state index is 12.3. The second-order valence-electron chi connectivity index (χ2n) is 4.55. The van der Waals surface area contributed by atoms with Crippen LogP contribution in [0.4, 0.5) is 0 Å². The third-order valence-electron chi connectivity index (χ3n) is 2.76. The Morgan fingerprint density at radius 3 is 2.76 bits per heavy atom. The summed E-state index contributed by atoms with van der Waals surface area (Å²) in [7, 11) is -1.68. The summed E-state index contributed by atoms with van der Waals surface area (Å²) < 4.78 is 32.1. The summed E-state index contributed by atoms with van der Waals surface area (Å²) in [5.74, 6) is 0.964. The molecule has 2 N–H and O–H groups in total. The van der Waals surface area contributed by atoms with Crippen molar-refractivity contribution in [3.8, 4) is 0 Å². The molecule has 0 bridgehead atoms. The predicted octanol–water partition coefficient (Wildman–Crippen LogP) is 0.988.